The van der Waals surface area contributed by atoms with Crippen LogP contribution in [0.15, 0.2) is 51.4 Å². The number of aryl methyl sites for hydroxylation is 1. The quantitative estimate of drug-likeness (QED) is 0.627. The number of benzene rings is 2. The first-order chi connectivity index (χ1) is 10.6. The molecular weight excluding hydrogens is 412 g/mol. The third kappa shape index (κ3) is 5.14. The van der Waals surface area contributed by atoms with Gasteiger partial charge in [0.1, 0.15) is 5.75 Å². The fourth-order valence-corrected chi connectivity index (χ4v) is 3.53. The fourth-order valence-electron chi connectivity index (χ4n) is 1.97. The van der Waals surface area contributed by atoms with Crippen LogP contribution >= 0.6 is 31.9 Å². The molecule has 2 aromatic rings. The SMILES string of the molecule is Cc1cc(Br)cc(Br)c1OCC(=O)OCCc1ccccc1. The summed E-state index contributed by atoms with van der Waals surface area (Å²) in [7, 11) is 0. The second kappa shape index (κ2) is 8.34. The van der Waals surface area contributed by atoms with Crippen molar-refractivity contribution in [3.05, 3.63) is 62.5 Å². The van der Waals surface area contributed by atoms with Crippen molar-refractivity contribution in [3.8, 4) is 5.75 Å². The summed E-state index contributed by atoms with van der Waals surface area (Å²) in [4.78, 5) is 11.7. The van der Waals surface area contributed by atoms with Crippen LogP contribution in [0.2, 0.25) is 0 Å². The van der Waals surface area contributed by atoms with Crippen LogP contribution in [0.1, 0.15) is 11.1 Å². The molecule has 3 nitrogen and oxygen atoms in total. The number of ether oxygens (including phenoxy) is 2. The van der Waals surface area contributed by atoms with Crippen LogP contribution in [0.3, 0.4) is 0 Å². The molecule has 0 aromatic heterocycles. The largest absolute Gasteiger partial charge is 0.480 e. The molecule has 5 heteroatoms. The highest BCUT2D eigenvalue weighted by molar-refractivity contribution is 9.11. The van der Waals surface area contributed by atoms with E-state index in [0.29, 0.717) is 18.8 Å². The van der Waals surface area contributed by atoms with Gasteiger partial charge < -0.3 is 9.47 Å². The second-order valence-corrected chi connectivity index (χ2v) is 6.55. The molecule has 0 aliphatic rings. The molecule has 0 atom stereocenters. The van der Waals surface area contributed by atoms with Crippen molar-refractivity contribution in [2.24, 2.45) is 0 Å². The predicted octanol–water partition coefficient (Wildman–Crippen LogP) is 4.68. The van der Waals surface area contributed by atoms with Gasteiger partial charge in [-0.25, -0.2) is 4.79 Å². The molecule has 0 unspecified atom stereocenters. The van der Waals surface area contributed by atoms with E-state index >= 15 is 0 Å². The van der Waals surface area contributed by atoms with E-state index < -0.39 is 0 Å². The number of rotatable bonds is 6. The third-order valence-corrected chi connectivity index (χ3v) is 4.07. The average Bonchev–Trinajstić information content (AvgIpc) is 2.47. The topological polar surface area (TPSA) is 35.5 Å². The smallest absolute Gasteiger partial charge is 0.344 e. The Kier molecular flexibility index (Phi) is 6.46. The Hall–Kier alpha value is -1.33. The molecular formula is C17H16Br2O3. The molecule has 0 bridgehead atoms. The molecule has 22 heavy (non-hydrogen) atoms. The molecule has 0 spiro atoms. The maximum absolute atomic E-state index is 11.7. The first kappa shape index (κ1) is 17.0. The number of carbonyl (C=O) groups is 1. The van der Waals surface area contributed by atoms with Gasteiger partial charge in [0.15, 0.2) is 6.61 Å². The molecule has 2 aromatic carbocycles. The van der Waals surface area contributed by atoms with Crippen LogP contribution in [0.5, 0.6) is 5.75 Å². The maximum Gasteiger partial charge on any atom is 0.344 e. The summed E-state index contributed by atoms with van der Waals surface area (Å²) < 4.78 is 12.5. The second-order valence-electron chi connectivity index (χ2n) is 4.78. The van der Waals surface area contributed by atoms with Gasteiger partial charge in [0.25, 0.3) is 0 Å². The monoisotopic (exact) mass is 426 g/mol. The van der Waals surface area contributed by atoms with Crippen molar-refractivity contribution in [2.75, 3.05) is 13.2 Å². The van der Waals surface area contributed by atoms with Crippen LogP contribution in [-0.2, 0) is 16.0 Å². The lowest BCUT2D eigenvalue weighted by atomic mass is 10.2. The Balaban J connectivity index is 1.79. The van der Waals surface area contributed by atoms with Gasteiger partial charge in [0.2, 0.25) is 0 Å². The van der Waals surface area contributed by atoms with Gasteiger partial charge in [0, 0.05) is 10.9 Å². The summed E-state index contributed by atoms with van der Waals surface area (Å²) in [5.74, 6) is 0.286. The number of halogens is 2. The van der Waals surface area contributed by atoms with Crippen LogP contribution in [0.25, 0.3) is 0 Å². The molecule has 0 heterocycles. The van der Waals surface area contributed by atoms with Gasteiger partial charge in [-0.3, -0.25) is 0 Å². The predicted molar refractivity (Wildman–Crippen MR) is 93.2 cm³/mol. The minimum Gasteiger partial charge on any atom is -0.480 e. The Morgan fingerprint density at radius 2 is 1.86 bits per heavy atom. The summed E-state index contributed by atoms with van der Waals surface area (Å²) in [6.45, 7) is 2.17. The lowest BCUT2D eigenvalue weighted by Crippen LogP contribution is -2.16. The molecule has 0 fully saturated rings. The molecule has 0 radical (unpaired) electrons. The lowest BCUT2D eigenvalue weighted by molar-refractivity contribution is -0.145. The molecule has 0 aliphatic carbocycles. The van der Waals surface area contributed by atoms with E-state index in [1.165, 1.54) is 0 Å². The number of carbonyl (C=O) groups excluding carboxylic acids is 1. The highest BCUT2D eigenvalue weighted by Gasteiger charge is 2.10. The minimum atomic E-state index is -0.370. The van der Waals surface area contributed by atoms with Crippen LogP contribution in [-0.4, -0.2) is 19.2 Å². The van der Waals surface area contributed by atoms with E-state index in [-0.39, 0.29) is 12.6 Å². The van der Waals surface area contributed by atoms with Gasteiger partial charge in [-0.05, 0) is 46.1 Å². The maximum atomic E-state index is 11.7. The molecule has 0 saturated carbocycles. The summed E-state index contributed by atoms with van der Waals surface area (Å²) in [6.07, 6.45) is 0.702. The highest BCUT2D eigenvalue weighted by Crippen LogP contribution is 2.32. The van der Waals surface area contributed by atoms with Crippen LogP contribution in [0.4, 0.5) is 0 Å². The minimum absolute atomic E-state index is 0.101. The van der Waals surface area contributed by atoms with Crippen molar-refractivity contribution < 1.29 is 14.3 Å². The summed E-state index contributed by atoms with van der Waals surface area (Å²) in [5.41, 5.74) is 2.08. The molecule has 0 aliphatic heterocycles. The normalized spacial score (nSPS) is 10.3. The first-order valence-corrected chi connectivity index (χ1v) is 8.43. The zero-order valence-electron chi connectivity index (χ0n) is 12.1. The van der Waals surface area contributed by atoms with Crippen molar-refractivity contribution in [1.29, 1.82) is 0 Å². The summed E-state index contributed by atoms with van der Waals surface area (Å²) >= 11 is 6.83. The van der Waals surface area contributed by atoms with Gasteiger partial charge in [-0.2, -0.15) is 0 Å². The lowest BCUT2D eigenvalue weighted by Gasteiger charge is -2.11. The van der Waals surface area contributed by atoms with Crippen molar-refractivity contribution in [3.63, 3.8) is 0 Å². The van der Waals surface area contributed by atoms with Crippen molar-refractivity contribution >= 4 is 37.8 Å². The number of esters is 1. The van der Waals surface area contributed by atoms with Crippen molar-refractivity contribution in [2.45, 2.75) is 13.3 Å². The first-order valence-electron chi connectivity index (χ1n) is 6.84. The Morgan fingerprint density at radius 3 is 2.55 bits per heavy atom. The molecule has 2 rings (SSSR count). The van der Waals surface area contributed by atoms with Gasteiger partial charge >= 0.3 is 5.97 Å². The van der Waals surface area contributed by atoms with E-state index in [4.69, 9.17) is 9.47 Å². The van der Waals surface area contributed by atoms with Crippen LogP contribution in [0, 0.1) is 6.92 Å². The molecule has 0 N–H and O–H groups in total. The van der Waals surface area contributed by atoms with Crippen molar-refractivity contribution in [1.82, 2.24) is 0 Å². The van der Waals surface area contributed by atoms with Crippen LogP contribution < -0.4 is 4.74 Å². The Labute approximate surface area is 146 Å². The number of hydrogen-bond donors (Lipinski definition) is 0. The zero-order valence-corrected chi connectivity index (χ0v) is 15.3. The average molecular weight is 428 g/mol. The van der Waals surface area contributed by atoms with E-state index in [1.807, 2.05) is 49.4 Å². The van der Waals surface area contributed by atoms with E-state index in [1.54, 1.807) is 0 Å². The third-order valence-electron chi connectivity index (χ3n) is 3.03. The fraction of sp³-hybridized carbons (Fsp3) is 0.235. The Bertz CT molecular complexity index is 619. The molecule has 0 amide bonds. The van der Waals surface area contributed by atoms with Gasteiger partial charge in [0.05, 0.1) is 11.1 Å². The van der Waals surface area contributed by atoms with E-state index in [0.717, 1.165) is 20.1 Å². The van der Waals surface area contributed by atoms with Gasteiger partial charge in [-0.15, -0.1) is 0 Å². The summed E-state index contributed by atoms with van der Waals surface area (Å²) in [5, 5.41) is 0. The Morgan fingerprint density at radius 1 is 1.14 bits per heavy atom. The van der Waals surface area contributed by atoms with Gasteiger partial charge in [-0.1, -0.05) is 46.3 Å². The van der Waals surface area contributed by atoms with E-state index in [9.17, 15) is 4.79 Å². The molecule has 116 valence electrons. The van der Waals surface area contributed by atoms with E-state index in [2.05, 4.69) is 31.9 Å². The summed E-state index contributed by atoms with van der Waals surface area (Å²) in [6, 6.07) is 13.7. The molecule has 0 saturated heterocycles. The standard InChI is InChI=1S/C17H16Br2O3/c1-12-9-14(18)10-15(19)17(12)22-11-16(20)21-8-7-13-5-3-2-4-6-13/h2-6,9-10H,7-8,11H2,1H3. The highest BCUT2D eigenvalue weighted by atomic mass is 79.9. The number of hydrogen-bond acceptors (Lipinski definition) is 3. The zero-order chi connectivity index (χ0) is 15.9.